The number of nitrogens with two attached hydrogens (primary N) is 1. The minimum Gasteiger partial charge on any atom is -0.399 e. The minimum absolute atomic E-state index is 0.507. The van der Waals surface area contributed by atoms with Gasteiger partial charge in [0.1, 0.15) is 0 Å². The quantitative estimate of drug-likeness (QED) is 0.762. The lowest BCUT2D eigenvalue weighted by molar-refractivity contribution is 1.06. The van der Waals surface area contributed by atoms with E-state index in [4.69, 9.17) is 28.9 Å². The van der Waals surface area contributed by atoms with E-state index in [1.165, 1.54) is 0 Å². The summed E-state index contributed by atoms with van der Waals surface area (Å²) in [6, 6.07) is 3.31. The van der Waals surface area contributed by atoms with Crippen LogP contribution in [0.3, 0.4) is 0 Å². The largest absolute Gasteiger partial charge is 0.399 e. The summed E-state index contributed by atoms with van der Waals surface area (Å²) in [5.41, 5.74) is 6.83. The molecule has 0 aliphatic rings. The summed E-state index contributed by atoms with van der Waals surface area (Å²) >= 11 is 12.0. The number of nitrogens with zero attached hydrogens (tertiary/aromatic N) is 2. The van der Waals surface area contributed by atoms with Gasteiger partial charge in [-0.15, -0.1) is 0 Å². The van der Waals surface area contributed by atoms with Crippen LogP contribution in [-0.2, 0) is 0 Å². The third kappa shape index (κ3) is 1.56. The van der Waals surface area contributed by atoms with E-state index in [0.717, 1.165) is 0 Å². The fourth-order valence-corrected chi connectivity index (χ4v) is 1.92. The second kappa shape index (κ2) is 3.52. The Morgan fingerprint density at radius 2 is 1.86 bits per heavy atom. The van der Waals surface area contributed by atoms with Gasteiger partial charge in [-0.25, -0.2) is 4.98 Å². The molecule has 2 N–H and O–H groups in total. The average Bonchev–Trinajstić information content (AvgIpc) is 2.54. The first-order valence-electron chi connectivity index (χ1n) is 3.91. The average molecular weight is 228 g/mol. The predicted molar refractivity (Wildman–Crippen MR) is 58.0 cm³/mol. The number of benzene rings is 1. The van der Waals surface area contributed by atoms with Crippen LogP contribution in [-0.4, -0.2) is 9.55 Å². The van der Waals surface area contributed by atoms with Crippen LogP contribution in [0, 0.1) is 0 Å². The van der Waals surface area contributed by atoms with Crippen molar-refractivity contribution in [3.05, 3.63) is 40.9 Å². The molecule has 5 heteroatoms. The molecule has 0 amide bonds. The summed E-state index contributed by atoms with van der Waals surface area (Å²) in [5, 5.41) is 1.01. The lowest BCUT2D eigenvalue weighted by Crippen LogP contribution is -1.95. The van der Waals surface area contributed by atoms with E-state index in [1.54, 1.807) is 35.4 Å². The van der Waals surface area contributed by atoms with Crippen molar-refractivity contribution in [2.75, 3.05) is 5.73 Å². The highest BCUT2D eigenvalue weighted by atomic mass is 35.5. The smallest absolute Gasteiger partial charge is 0.0992 e. The zero-order valence-electron chi connectivity index (χ0n) is 7.11. The fourth-order valence-electron chi connectivity index (χ4n) is 1.22. The van der Waals surface area contributed by atoms with Crippen molar-refractivity contribution in [2.45, 2.75) is 0 Å². The first kappa shape index (κ1) is 9.37. The molecule has 0 radical (unpaired) electrons. The van der Waals surface area contributed by atoms with E-state index in [-0.39, 0.29) is 0 Å². The van der Waals surface area contributed by atoms with Gasteiger partial charge in [-0.05, 0) is 12.1 Å². The van der Waals surface area contributed by atoms with E-state index in [0.29, 0.717) is 21.4 Å². The lowest BCUT2D eigenvalue weighted by atomic mass is 10.3. The zero-order valence-corrected chi connectivity index (χ0v) is 8.63. The van der Waals surface area contributed by atoms with Gasteiger partial charge in [0.05, 0.1) is 22.1 Å². The molecule has 0 spiro atoms. The molecule has 2 rings (SSSR count). The van der Waals surface area contributed by atoms with E-state index >= 15 is 0 Å². The van der Waals surface area contributed by atoms with Crippen LogP contribution in [0.15, 0.2) is 30.9 Å². The normalized spacial score (nSPS) is 10.4. The second-order valence-electron chi connectivity index (χ2n) is 2.80. The SMILES string of the molecule is Nc1cc(Cl)c(-n2ccnc2)c(Cl)c1. The molecule has 0 fully saturated rings. The molecule has 14 heavy (non-hydrogen) atoms. The number of nitrogen functional groups attached to an aromatic ring is 1. The molecular formula is C9H7Cl2N3. The highest BCUT2D eigenvalue weighted by molar-refractivity contribution is 6.38. The number of anilines is 1. The predicted octanol–water partition coefficient (Wildman–Crippen LogP) is 2.76. The maximum Gasteiger partial charge on any atom is 0.0992 e. The third-order valence-corrected chi connectivity index (χ3v) is 2.38. The summed E-state index contributed by atoms with van der Waals surface area (Å²) in [6.45, 7) is 0. The van der Waals surface area contributed by atoms with E-state index in [1.807, 2.05) is 0 Å². The van der Waals surface area contributed by atoms with Gasteiger partial charge in [-0.2, -0.15) is 0 Å². The van der Waals surface area contributed by atoms with Crippen molar-refractivity contribution in [2.24, 2.45) is 0 Å². The second-order valence-corrected chi connectivity index (χ2v) is 3.62. The van der Waals surface area contributed by atoms with Crippen LogP contribution in [0.2, 0.25) is 10.0 Å². The van der Waals surface area contributed by atoms with Gasteiger partial charge >= 0.3 is 0 Å². The van der Waals surface area contributed by atoms with Crippen molar-refractivity contribution in [3.8, 4) is 5.69 Å². The Morgan fingerprint density at radius 3 is 2.36 bits per heavy atom. The van der Waals surface area contributed by atoms with Gasteiger partial charge < -0.3 is 10.3 Å². The third-order valence-electron chi connectivity index (χ3n) is 1.80. The molecule has 0 bridgehead atoms. The molecule has 0 saturated carbocycles. The number of aromatic nitrogens is 2. The van der Waals surface area contributed by atoms with Crippen molar-refractivity contribution < 1.29 is 0 Å². The van der Waals surface area contributed by atoms with Gasteiger partial charge in [0.2, 0.25) is 0 Å². The van der Waals surface area contributed by atoms with Gasteiger partial charge in [-0.3, -0.25) is 0 Å². The molecule has 3 nitrogen and oxygen atoms in total. The number of hydrogen-bond acceptors (Lipinski definition) is 2. The van der Waals surface area contributed by atoms with Gasteiger partial charge in [0.15, 0.2) is 0 Å². The monoisotopic (exact) mass is 227 g/mol. The highest BCUT2D eigenvalue weighted by Gasteiger charge is 2.08. The topological polar surface area (TPSA) is 43.8 Å². The number of rotatable bonds is 1. The Kier molecular flexibility index (Phi) is 2.35. The first-order chi connectivity index (χ1) is 6.68. The summed E-state index contributed by atoms with van der Waals surface area (Å²) in [6.07, 6.45) is 5.05. The standard InChI is InChI=1S/C9H7Cl2N3/c10-7-3-6(12)4-8(11)9(7)14-2-1-13-5-14/h1-5H,12H2. The van der Waals surface area contributed by atoms with Crippen LogP contribution < -0.4 is 5.73 Å². The van der Waals surface area contributed by atoms with Crippen LogP contribution >= 0.6 is 23.2 Å². The van der Waals surface area contributed by atoms with Crippen LogP contribution in [0.1, 0.15) is 0 Å². The van der Waals surface area contributed by atoms with Crippen LogP contribution in [0.4, 0.5) is 5.69 Å². The molecule has 0 aliphatic carbocycles. The molecule has 72 valence electrons. The first-order valence-corrected chi connectivity index (χ1v) is 4.67. The maximum absolute atomic E-state index is 6.01. The number of halogens is 2. The Labute approximate surface area is 91.1 Å². The Bertz CT molecular complexity index is 428. The van der Waals surface area contributed by atoms with E-state index in [2.05, 4.69) is 4.98 Å². The summed E-state index contributed by atoms with van der Waals surface area (Å²) in [7, 11) is 0. The molecule has 1 aromatic heterocycles. The van der Waals surface area contributed by atoms with Crippen molar-refractivity contribution in [1.82, 2.24) is 9.55 Å². The highest BCUT2D eigenvalue weighted by Crippen LogP contribution is 2.30. The number of hydrogen-bond donors (Lipinski definition) is 1. The summed E-state index contributed by atoms with van der Waals surface area (Å²) in [5.74, 6) is 0. The minimum atomic E-state index is 0.507. The van der Waals surface area contributed by atoms with Crippen molar-refractivity contribution in [1.29, 1.82) is 0 Å². The lowest BCUT2D eigenvalue weighted by Gasteiger charge is -2.08. The molecule has 0 aliphatic heterocycles. The fraction of sp³-hybridized carbons (Fsp3) is 0. The molecule has 1 heterocycles. The summed E-state index contributed by atoms with van der Waals surface area (Å²) < 4.78 is 1.74. The Balaban J connectivity index is 2.64. The van der Waals surface area contributed by atoms with E-state index < -0.39 is 0 Å². The molecular weight excluding hydrogens is 221 g/mol. The van der Waals surface area contributed by atoms with Crippen molar-refractivity contribution in [3.63, 3.8) is 0 Å². The zero-order chi connectivity index (χ0) is 10.1. The molecule has 0 saturated heterocycles. The summed E-state index contributed by atoms with van der Waals surface area (Å²) in [4.78, 5) is 3.92. The number of imidazole rings is 1. The molecule has 1 aromatic carbocycles. The van der Waals surface area contributed by atoms with Gasteiger partial charge in [0.25, 0.3) is 0 Å². The van der Waals surface area contributed by atoms with Crippen LogP contribution in [0.25, 0.3) is 5.69 Å². The molecule has 2 aromatic rings. The Hall–Kier alpha value is -1.19. The Morgan fingerprint density at radius 1 is 1.21 bits per heavy atom. The van der Waals surface area contributed by atoms with Crippen molar-refractivity contribution >= 4 is 28.9 Å². The van der Waals surface area contributed by atoms with Gasteiger partial charge in [-0.1, -0.05) is 23.2 Å². The van der Waals surface area contributed by atoms with Crippen LogP contribution in [0.5, 0.6) is 0 Å². The molecule has 0 unspecified atom stereocenters. The maximum atomic E-state index is 6.01. The molecule has 0 atom stereocenters. The van der Waals surface area contributed by atoms with E-state index in [9.17, 15) is 0 Å². The van der Waals surface area contributed by atoms with Gasteiger partial charge in [0, 0.05) is 18.1 Å².